The van der Waals surface area contributed by atoms with Gasteiger partial charge in [-0.25, -0.2) is 4.39 Å². The molecule has 2 heterocycles. The highest BCUT2D eigenvalue weighted by molar-refractivity contribution is 6.37. The van der Waals surface area contributed by atoms with Gasteiger partial charge in [0.05, 0.1) is 5.92 Å². The van der Waals surface area contributed by atoms with E-state index >= 15 is 0 Å². The number of nitrogens with zero attached hydrogens (tertiary/aromatic N) is 1. The summed E-state index contributed by atoms with van der Waals surface area (Å²) in [4.78, 5) is 40.0. The van der Waals surface area contributed by atoms with Crippen molar-refractivity contribution < 1.29 is 18.8 Å². The second-order valence-electron chi connectivity index (χ2n) is 8.21. The number of likely N-dealkylation sites (tertiary alicyclic amines) is 1. The Morgan fingerprint density at radius 3 is 2.26 bits per heavy atom. The summed E-state index contributed by atoms with van der Waals surface area (Å²) >= 11 is 0. The molecule has 0 saturated carbocycles. The van der Waals surface area contributed by atoms with Crippen LogP contribution in [0.15, 0.2) is 60.7 Å². The minimum Gasteiger partial charge on any atom is -0.381 e. The number of rotatable bonds is 5. The summed E-state index contributed by atoms with van der Waals surface area (Å²) in [6, 6.07) is 15.1. The fourth-order valence-corrected chi connectivity index (χ4v) is 4.30. The van der Waals surface area contributed by atoms with E-state index in [-0.39, 0.29) is 23.6 Å². The van der Waals surface area contributed by atoms with Crippen LogP contribution >= 0.6 is 0 Å². The highest BCUT2D eigenvalue weighted by Crippen LogP contribution is 2.27. The predicted octanol–water partition coefficient (Wildman–Crippen LogP) is 3.47. The van der Waals surface area contributed by atoms with E-state index in [2.05, 4.69) is 5.32 Å². The third-order valence-electron chi connectivity index (χ3n) is 6.15. The standard InChI is InChI=1S/C25H25FN2O3/c1-16-21(15-22(27-16)17-5-3-2-4-6-17)24(30)25(31)28-13-11-19(12-14-28)23(29)18-7-9-20(26)10-8-18/h2-10,15-16,19,21,27H,11-14H2,1H3. The van der Waals surface area contributed by atoms with E-state index in [0.29, 0.717) is 31.5 Å². The topological polar surface area (TPSA) is 66.5 Å². The number of carbonyl (C=O) groups is 3. The molecule has 5 nitrogen and oxygen atoms in total. The molecule has 4 rings (SSSR count). The molecule has 31 heavy (non-hydrogen) atoms. The average molecular weight is 420 g/mol. The van der Waals surface area contributed by atoms with E-state index < -0.39 is 17.6 Å². The Labute approximate surface area is 180 Å². The number of piperidine rings is 1. The summed E-state index contributed by atoms with van der Waals surface area (Å²) in [5, 5.41) is 3.30. The molecule has 0 radical (unpaired) electrons. The number of hydrogen-bond acceptors (Lipinski definition) is 4. The average Bonchev–Trinajstić information content (AvgIpc) is 3.20. The lowest BCUT2D eigenvalue weighted by molar-refractivity contribution is -0.147. The first-order valence-electron chi connectivity index (χ1n) is 10.6. The van der Waals surface area contributed by atoms with Crippen LogP contribution in [0.3, 0.4) is 0 Å². The van der Waals surface area contributed by atoms with Gasteiger partial charge in [0.2, 0.25) is 5.78 Å². The number of benzene rings is 2. The van der Waals surface area contributed by atoms with Gasteiger partial charge in [0.15, 0.2) is 5.78 Å². The maximum absolute atomic E-state index is 13.1. The van der Waals surface area contributed by atoms with Crippen molar-refractivity contribution in [3.8, 4) is 0 Å². The molecular formula is C25H25FN2O3. The van der Waals surface area contributed by atoms with Crippen molar-refractivity contribution in [3.05, 3.63) is 77.6 Å². The zero-order valence-electron chi connectivity index (χ0n) is 17.4. The number of halogens is 1. The lowest BCUT2D eigenvalue weighted by atomic mass is 9.88. The smallest absolute Gasteiger partial charge is 0.290 e. The molecule has 2 aromatic carbocycles. The fraction of sp³-hybridized carbons (Fsp3) is 0.320. The first kappa shape index (κ1) is 21.0. The Morgan fingerprint density at radius 2 is 1.61 bits per heavy atom. The quantitative estimate of drug-likeness (QED) is 0.594. The van der Waals surface area contributed by atoms with Crippen LogP contribution < -0.4 is 5.32 Å². The van der Waals surface area contributed by atoms with Crippen molar-refractivity contribution in [2.24, 2.45) is 11.8 Å². The molecule has 2 aliphatic rings. The van der Waals surface area contributed by atoms with E-state index in [9.17, 15) is 18.8 Å². The Bertz CT molecular complexity index is 1010. The van der Waals surface area contributed by atoms with Crippen LogP contribution in [0.2, 0.25) is 0 Å². The zero-order valence-corrected chi connectivity index (χ0v) is 17.4. The van der Waals surface area contributed by atoms with Crippen LogP contribution in [-0.4, -0.2) is 41.5 Å². The summed E-state index contributed by atoms with van der Waals surface area (Å²) in [7, 11) is 0. The molecule has 2 aromatic rings. The number of Topliss-reactive ketones (excluding diaryl/α,β-unsaturated/α-hetero) is 2. The highest BCUT2D eigenvalue weighted by atomic mass is 19.1. The molecule has 0 aromatic heterocycles. The second kappa shape index (κ2) is 8.84. The monoisotopic (exact) mass is 420 g/mol. The summed E-state index contributed by atoms with van der Waals surface area (Å²) in [6.45, 7) is 2.63. The Morgan fingerprint density at radius 1 is 0.968 bits per heavy atom. The molecular weight excluding hydrogens is 395 g/mol. The van der Waals surface area contributed by atoms with Crippen molar-refractivity contribution in [2.75, 3.05) is 13.1 Å². The molecule has 0 bridgehead atoms. The van der Waals surface area contributed by atoms with Crippen molar-refractivity contribution in [1.82, 2.24) is 10.2 Å². The van der Waals surface area contributed by atoms with E-state index in [1.807, 2.05) is 43.3 Å². The van der Waals surface area contributed by atoms with Gasteiger partial charge in [0.1, 0.15) is 5.82 Å². The van der Waals surface area contributed by atoms with Gasteiger partial charge in [-0.15, -0.1) is 0 Å². The number of ketones is 2. The number of nitrogens with one attached hydrogen (secondary N) is 1. The minimum absolute atomic E-state index is 0.0394. The molecule has 0 spiro atoms. The van der Waals surface area contributed by atoms with Gasteiger partial charge in [0.25, 0.3) is 5.91 Å². The third-order valence-corrected chi connectivity index (χ3v) is 6.15. The van der Waals surface area contributed by atoms with Gasteiger partial charge in [0, 0.05) is 36.3 Å². The first-order chi connectivity index (χ1) is 14.9. The lowest BCUT2D eigenvalue weighted by Crippen LogP contribution is -2.46. The van der Waals surface area contributed by atoms with Crippen LogP contribution in [0.25, 0.3) is 5.70 Å². The third kappa shape index (κ3) is 4.43. The van der Waals surface area contributed by atoms with Crippen molar-refractivity contribution in [2.45, 2.75) is 25.8 Å². The van der Waals surface area contributed by atoms with Crippen LogP contribution in [0.1, 0.15) is 35.7 Å². The molecule has 2 unspecified atom stereocenters. The number of carbonyl (C=O) groups excluding carboxylic acids is 3. The van der Waals surface area contributed by atoms with Gasteiger partial charge in [-0.2, -0.15) is 0 Å². The maximum Gasteiger partial charge on any atom is 0.290 e. The van der Waals surface area contributed by atoms with Crippen molar-refractivity contribution in [1.29, 1.82) is 0 Å². The van der Waals surface area contributed by atoms with Crippen LogP contribution in [0, 0.1) is 17.7 Å². The first-order valence-corrected chi connectivity index (χ1v) is 10.6. The van der Waals surface area contributed by atoms with E-state index in [1.54, 1.807) is 4.90 Å². The van der Waals surface area contributed by atoms with E-state index in [1.165, 1.54) is 24.3 Å². The summed E-state index contributed by atoms with van der Waals surface area (Å²) in [6.07, 6.45) is 2.84. The second-order valence-corrected chi connectivity index (χ2v) is 8.21. The minimum atomic E-state index is -0.513. The van der Waals surface area contributed by atoms with Crippen molar-refractivity contribution in [3.63, 3.8) is 0 Å². The lowest BCUT2D eigenvalue weighted by Gasteiger charge is -2.31. The molecule has 2 atom stereocenters. The molecule has 0 aliphatic carbocycles. The Balaban J connectivity index is 1.37. The van der Waals surface area contributed by atoms with Gasteiger partial charge in [-0.3, -0.25) is 14.4 Å². The highest BCUT2D eigenvalue weighted by Gasteiger charge is 2.37. The predicted molar refractivity (Wildman–Crippen MR) is 116 cm³/mol. The summed E-state index contributed by atoms with van der Waals surface area (Å²) < 4.78 is 13.1. The largest absolute Gasteiger partial charge is 0.381 e. The van der Waals surface area contributed by atoms with Gasteiger partial charge in [-0.05, 0) is 55.7 Å². The molecule has 160 valence electrons. The Hall–Kier alpha value is -3.28. The fourth-order valence-electron chi connectivity index (χ4n) is 4.30. The van der Waals surface area contributed by atoms with Gasteiger partial charge in [-0.1, -0.05) is 30.3 Å². The molecule has 1 amide bonds. The van der Waals surface area contributed by atoms with E-state index in [4.69, 9.17) is 0 Å². The maximum atomic E-state index is 13.1. The van der Waals surface area contributed by atoms with Crippen molar-refractivity contribution >= 4 is 23.2 Å². The normalized spacial score (nSPS) is 21.4. The number of hydrogen-bond donors (Lipinski definition) is 1. The number of amides is 1. The summed E-state index contributed by atoms with van der Waals surface area (Å²) in [5.74, 6) is -2.06. The Kier molecular flexibility index (Phi) is 5.98. The SMILES string of the molecule is CC1NC(c2ccccc2)=CC1C(=O)C(=O)N1CCC(C(=O)c2ccc(F)cc2)CC1. The van der Waals surface area contributed by atoms with Crippen LogP contribution in [0.5, 0.6) is 0 Å². The van der Waals surface area contributed by atoms with Gasteiger partial charge < -0.3 is 10.2 Å². The van der Waals surface area contributed by atoms with Crippen LogP contribution in [-0.2, 0) is 9.59 Å². The summed E-state index contributed by atoms with van der Waals surface area (Å²) in [5.41, 5.74) is 2.33. The van der Waals surface area contributed by atoms with Gasteiger partial charge >= 0.3 is 0 Å². The van der Waals surface area contributed by atoms with E-state index in [0.717, 1.165) is 11.3 Å². The zero-order chi connectivity index (χ0) is 22.0. The molecule has 1 N–H and O–H groups in total. The molecule has 6 heteroatoms. The molecule has 1 fully saturated rings. The van der Waals surface area contributed by atoms with Crippen LogP contribution in [0.4, 0.5) is 4.39 Å². The molecule has 2 aliphatic heterocycles. The molecule has 1 saturated heterocycles.